The predicted octanol–water partition coefficient (Wildman–Crippen LogP) is 5.30. The van der Waals surface area contributed by atoms with E-state index < -0.39 is 0 Å². The number of benzene rings is 2. The predicted molar refractivity (Wildman–Crippen MR) is 94.7 cm³/mol. The molecular formula is C18H20BrNS. The zero-order chi connectivity index (χ0) is 14.7. The second-order valence-corrected chi connectivity index (χ2v) is 7.62. The van der Waals surface area contributed by atoms with Crippen LogP contribution in [-0.2, 0) is 12.3 Å². The van der Waals surface area contributed by atoms with Crippen molar-refractivity contribution in [2.45, 2.75) is 43.0 Å². The molecule has 1 fully saturated rings. The Morgan fingerprint density at radius 2 is 2.05 bits per heavy atom. The summed E-state index contributed by atoms with van der Waals surface area (Å²) in [4.78, 5) is 1.38. The van der Waals surface area contributed by atoms with Crippen LogP contribution in [0.2, 0.25) is 0 Å². The standard InChI is InChI=1S/C18H20BrNS/c1-13-3-2-4-14(9-13)12-21-18-8-5-16(19)10-15(18)11-20-17-6-7-17/h2-5,8-10,17,20H,6-7,11-12H2,1H3. The summed E-state index contributed by atoms with van der Waals surface area (Å²) in [7, 11) is 0. The fourth-order valence-electron chi connectivity index (χ4n) is 2.33. The molecule has 0 heterocycles. The molecule has 1 N–H and O–H groups in total. The van der Waals surface area contributed by atoms with Crippen LogP contribution in [0.4, 0.5) is 0 Å². The van der Waals surface area contributed by atoms with Crippen LogP contribution in [-0.4, -0.2) is 6.04 Å². The fraction of sp³-hybridized carbons (Fsp3) is 0.333. The highest BCUT2D eigenvalue weighted by Gasteiger charge is 2.20. The van der Waals surface area contributed by atoms with E-state index in [1.165, 1.54) is 34.4 Å². The average molecular weight is 362 g/mol. The van der Waals surface area contributed by atoms with Gasteiger partial charge in [0.05, 0.1) is 0 Å². The largest absolute Gasteiger partial charge is 0.310 e. The van der Waals surface area contributed by atoms with Gasteiger partial charge in [-0.15, -0.1) is 11.8 Å². The van der Waals surface area contributed by atoms with Gasteiger partial charge in [-0.05, 0) is 49.1 Å². The first-order chi connectivity index (χ1) is 10.2. The van der Waals surface area contributed by atoms with E-state index in [-0.39, 0.29) is 0 Å². The topological polar surface area (TPSA) is 12.0 Å². The lowest BCUT2D eigenvalue weighted by molar-refractivity contribution is 0.680. The minimum Gasteiger partial charge on any atom is -0.310 e. The normalized spacial score (nSPS) is 14.4. The van der Waals surface area contributed by atoms with Gasteiger partial charge in [-0.1, -0.05) is 45.8 Å². The molecular weight excluding hydrogens is 342 g/mol. The summed E-state index contributed by atoms with van der Waals surface area (Å²) in [5.74, 6) is 1.03. The second kappa shape index (κ2) is 6.99. The first-order valence-corrected chi connectivity index (χ1v) is 9.19. The van der Waals surface area contributed by atoms with E-state index in [1.54, 1.807) is 0 Å². The first kappa shape index (κ1) is 15.1. The highest BCUT2D eigenvalue weighted by molar-refractivity contribution is 9.10. The number of hydrogen-bond donors (Lipinski definition) is 1. The maximum atomic E-state index is 3.61. The van der Waals surface area contributed by atoms with Crippen molar-refractivity contribution in [2.24, 2.45) is 0 Å². The van der Waals surface area contributed by atoms with Crippen molar-refractivity contribution < 1.29 is 0 Å². The molecule has 1 aliphatic rings. The Morgan fingerprint density at radius 3 is 2.81 bits per heavy atom. The minimum atomic E-state index is 0.749. The third-order valence-electron chi connectivity index (χ3n) is 3.66. The van der Waals surface area contributed by atoms with Crippen LogP contribution in [0.3, 0.4) is 0 Å². The summed E-state index contributed by atoms with van der Waals surface area (Å²) in [5.41, 5.74) is 4.12. The molecule has 2 aromatic carbocycles. The Morgan fingerprint density at radius 1 is 1.19 bits per heavy atom. The molecule has 0 bridgehead atoms. The van der Waals surface area contributed by atoms with Crippen LogP contribution in [0.1, 0.15) is 29.5 Å². The molecule has 0 amide bonds. The molecule has 0 saturated heterocycles. The molecule has 0 aliphatic heterocycles. The smallest absolute Gasteiger partial charge is 0.0232 e. The van der Waals surface area contributed by atoms with Crippen molar-refractivity contribution in [1.82, 2.24) is 5.32 Å². The Labute approximate surface area is 139 Å². The summed E-state index contributed by atoms with van der Waals surface area (Å²) < 4.78 is 1.16. The lowest BCUT2D eigenvalue weighted by atomic mass is 10.2. The first-order valence-electron chi connectivity index (χ1n) is 7.41. The number of hydrogen-bond acceptors (Lipinski definition) is 2. The molecule has 3 rings (SSSR count). The highest BCUT2D eigenvalue weighted by Crippen LogP contribution is 2.30. The molecule has 0 aromatic heterocycles. The van der Waals surface area contributed by atoms with E-state index in [0.29, 0.717) is 0 Å². The molecule has 110 valence electrons. The van der Waals surface area contributed by atoms with E-state index in [2.05, 4.69) is 70.6 Å². The number of nitrogens with one attached hydrogen (secondary N) is 1. The Hall–Kier alpha value is -0.770. The van der Waals surface area contributed by atoms with Crippen molar-refractivity contribution in [3.05, 3.63) is 63.6 Å². The summed E-state index contributed by atoms with van der Waals surface area (Å²) in [5, 5.41) is 3.61. The van der Waals surface area contributed by atoms with E-state index in [0.717, 1.165) is 22.8 Å². The van der Waals surface area contributed by atoms with Gasteiger partial charge < -0.3 is 5.32 Å². The van der Waals surface area contributed by atoms with Crippen LogP contribution in [0.15, 0.2) is 51.8 Å². The van der Waals surface area contributed by atoms with Gasteiger partial charge in [-0.25, -0.2) is 0 Å². The summed E-state index contributed by atoms with van der Waals surface area (Å²) in [6, 6.07) is 16.1. The van der Waals surface area contributed by atoms with Crippen molar-refractivity contribution in [3.8, 4) is 0 Å². The zero-order valence-corrected chi connectivity index (χ0v) is 14.6. The molecule has 21 heavy (non-hydrogen) atoms. The quantitative estimate of drug-likeness (QED) is 0.700. The molecule has 0 unspecified atom stereocenters. The van der Waals surface area contributed by atoms with Crippen LogP contribution in [0, 0.1) is 6.92 Å². The van der Waals surface area contributed by atoms with Crippen molar-refractivity contribution in [3.63, 3.8) is 0 Å². The molecule has 2 aromatic rings. The number of halogens is 1. The average Bonchev–Trinajstić information content (AvgIpc) is 3.28. The van der Waals surface area contributed by atoms with E-state index in [4.69, 9.17) is 0 Å². The lowest BCUT2D eigenvalue weighted by Crippen LogP contribution is -2.15. The molecule has 0 atom stereocenters. The van der Waals surface area contributed by atoms with Gasteiger partial charge >= 0.3 is 0 Å². The van der Waals surface area contributed by atoms with E-state index >= 15 is 0 Å². The number of thioether (sulfide) groups is 1. The van der Waals surface area contributed by atoms with Crippen molar-refractivity contribution >= 4 is 27.7 Å². The SMILES string of the molecule is Cc1cccc(CSc2ccc(Br)cc2CNC2CC2)c1. The Balaban J connectivity index is 1.68. The third-order valence-corrected chi connectivity index (χ3v) is 5.34. The molecule has 0 radical (unpaired) electrons. The summed E-state index contributed by atoms with van der Waals surface area (Å²) in [6.45, 7) is 3.12. The maximum absolute atomic E-state index is 3.61. The van der Waals surface area contributed by atoms with Gasteiger partial charge in [0.2, 0.25) is 0 Å². The molecule has 0 spiro atoms. The monoisotopic (exact) mass is 361 g/mol. The third kappa shape index (κ3) is 4.60. The van der Waals surface area contributed by atoms with Gasteiger partial charge in [0.1, 0.15) is 0 Å². The molecule has 1 aliphatic carbocycles. The molecule has 1 saturated carbocycles. The maximum Gasteiger partial charge on any atom is 0.0232 e. The van der Waals surface area contributed by atoms with Gasteiger partial charge in [-0.2, -0.15) is 0 Å². The lowest BCUT2D eigenvalue weighted by Gasteiger charge is -2.11. The van der Waals surface area contributed by atoms with Gasteiger partial charge in [0.25, 0.3) is 0 Å². The van der Waals surface area contributed by atoms with Crippen molar-refractivity contribution in [1.29, 1.82) is 0 Å². The van der Waals surface area contributed by atoms with E-state index in [9.17, 15) is 0 Å². The van der Waals surface area contributed by atoms with E-state index in [1.807, 2.05) is 11.8 Å². The zero-order valence-electron chi connectivity index (χ0n) is 12.2. The van der Waals surface area contributed by atoms with Gasteiger partial charge in [-0.3, -0.25) is 0 Å². The minimum absolute atomic E-state index is 0.749. The second-order valence-electron chi connectivity index (χ2n) is 5.68. The van der Waals surface area contributed by atoms with Crippen LogP contribution < -0.4 is 5.32 Å². The molecule has 3 heteroatoms. The number of aryl methyl sites for hydroxylation is 1. The van der Waals surface area contributed by atoms with Crippen LogP contribution in [0.25, 0.3) is 0 Å². The highest BCUT2D eigenvalue weighted by atomic mass is 79.9. The Kier molecular flexibility index (Phi) is 5.04. The number of rotatable bonds is 6. The fourth-order valence-corrected chi connectivity index (χ4v) is 3.72. The van der Waals surface area contributed by atoms with Crippen LogP contribution in [0.5, 0.6) is 0 Å². The van der Waals surface area contributed by atoms with Crippen LogP contribution >= 0.6 is 27.7 Å². The summed E-state index contributed by atoms with van der Waals surface area (Å²) >= 11 is 5.52. The summed E-state index contributed by atoms with van der Waals surface area (Å²) in [6.07, 6.45) is 2.67. The van der Waals surface area contributed by atoms with Gasteiger partial charge in [0, 0.05) is 27.7 Å². The van der Waals surface area contributed by atoms with Gasteiger partial charge in [0.15, 0.2) is 0 Å². The Bertz CT molecular complexity index is 622. The molecule has 1 nitrogen and oxygen atoms in total. The van der Waals surface area contributed by atoms with Crippen molar-refractivity contribution in [2.75, 3.05) is 0 Å².